The first-order valence-corrected chi connectivity index (χ1v) is 21.1. The maximum atomic E-state index is 15.2. The second-order valence-corrected chi connectivity index (χ2v) is 16.2. The summed E-state index contributed by atoms with van der Waals surface area (Å²) in [7, 11) is 0. The quantitative estimate of drug-likeness (QED) is 0.153. The van der Waals surface area contributed by atoms with Gasteiger partial charge < -0.3 is 9.13 Å². The Bertz CT molecular complexity index is 3710. The standard InChI is InChI=1S/C57H33F6N3/c58-56(59,60)48-18-11-19-49(57(61,62)63)55(48)43-26-25-40(65-50-20-9-7-16-41(50)46-31-38(23-28-52(46)65)36-12-3-1-4-13-36)33-44(43)45-30-35(34-64)22-27-53(45)66-51-21-10-8-17-42(51)47-32-39(24-29-54(47)66)37-14-5-2-6-15-37/h1-33H. The van der Waals surface area contributed by atoms with Gasteiger partial charge in [-0.05, 0) is 112 Å². The van der Waals surface area contributed by atoms with Crippen molar-refractivity contribution in [2.24, 2.45) is 0 Å². The number of hydrogen-bond acceptors (Lipinski definition) is 1. The summed E-state index contributed by atoms with van der Waals surface area (Å²) in [5.41, 5.74) is 4.32. The minimum Gasteiger partial charge on any atom is -0.309 e. The van der Waals surface area contributed by atoms with Crippen LogP contribution in [0.5, 0.6) is 0 Å². The summed E-state index contributed by atoms with van der Waals surface area (Å²) < 4.78 is 94.8. The van der Waals surface area contributed by atoms with E-state index in [2.05, 4.69) is 18.2 Å². The molecule has 0 bridgehead atoms. The third-order valence-corrected chi connectivity index (χ3v) is 12.4. The molecule has 11 aromatic rings. The van der Waals surface area contributed by atoms with Crippen molar-refractivity contribution >= 4 is 43.6 Å². The minimum absolute atomic E-state index is 0.0699. The van der Waals surface area contributed by atoms with Crippen LogP contribution >= 0.6 is 0 Å². The summed E-state index contributed by atoms with van der Waals surface area (Å²) in [6.07, 6.45) is -10.3. The first-order valence-electron chi connectivity index (χ1n) is 21.1. The normalized spacial score (nSPS) is 12.1. The van der Waals surface area contributed by atoms with Crippen molar-refractivity contribution in [1.29, 1.82) is 5.26 Å². The Balaban J connectivity index is 1.25. The van der Waals surface area contributed by atoms with Crippen LogP contribution in [0.4, 0.5) is 26.3 Å². The van der Waals surface area contributed by atoms with Crippen LogP contribution in [0.2, 0.25) is 0 Å². The van der Waals surface area contributed by atoms with Crippen LogP contribution in [-0.2, 0) is 12.4 Å². The summed E-state index contributed by atoms with van der Waals surface area (Å²) >= 11 is 0. The smallest absolute Gasteiger partial charge is 0.309 e. The zero-order chi connectivity index (χ0) is 45.3. The van der Waals surface area contributed by atoms with Crippen LogP contribution in [0.1, 0.15) is 16.7 Å². The fourth-order valence-electron chi connectivity index (χ4n) is 9.55. The molecular formula is C57H33F6N3. The molecule has 9 aromatic carbocycles. The summed E-state index contributed by atoms with van der Waals surface area (Å²) in [5.74, 6) is 0. The predicted octanol–water partition coefficient (Wildman–Crippen LogP) is 16.5. The van der Waals surface area contributed by atoms with Gasteiger partial charge >= 0.3 is 12.4 Å². The average molecular weight is 874 g/mol. The number of fused-ring (bicyclic) bond motifs is 6. The lowest BCUT2D eigenvalue weighted by Crippen LogP contribution is -2.14. The zero-order valence-corrected chi connectivity index (χ0v) is 34.7. The van der Waals surface area contributed by atoms with E-state index in [1.54, 1.807) is 30.3 Å². The number of rotatable bonds is 6. The van der Waals surface area contributed by atoms with E-state index in [1.807, 2.05) is 143 Å². The first kappa shape index (κ1) is 40.4. The lowest BCUT2D eigenvalue weighted by molar-refractivity contribution is -0.142. The molecule has 0 aliphatic rings. The average Bonchev–Trinajstić information content (AvgIpc) is 3.85. The molecule has 0 aliphatic carbocycles. The van der Waals surface area contributed by atoms with E-state index in [9.17, 15) is 5.26 Å². The van der Waals surface area contributed by atoms with Crippen molar-refractivity contribution in [2.45, 2.75) is 12.4 Å². The van der Waals surface area contributed by atoms with Gasteiger partial charge in [-0.1, -0.05) is 121 Å². The summed E-state index contributed by atoms with van der Waals surface area (Å²) in [5, 5.41) is 14.0. The first-order chi connectivity index (χ1) is 32.0. The van der Waals surface area contributed by atoms with Gasteiger partial charge in [0.1, 0.15) is 0 Å². The fourth-order valence-corrected chi connectivity index (χ4v) is 9.55. The second-order valence-electron chi connectivity index (χ2n) is 16.2. The number of para-hydroxylation sites is 2. The van der Waals surface area contributed by atoms with Gasteiger partial charge in [0.2, 0.25) is 0 Å². The minimum atomic E-state index is -5.16. The molecule has 2 heterocycles. The fraction of sp³-hybridized carbons (Fsp3) is 0.0351. The molecule has 0 amide bonds. The highest BCUT2D eigenvalue weighted by atomic mass is 19.4. The van der Waals surface area contributed by atoms with E-state index in [-0.39, 0.29) is 22.3 Å². The molecule has 0 saturated heterocycles. The molecule has 0 saturated carbocycles. The highest BCUT2D eigenvalue weighted by Gasteiger charge is 2.42. The molecule has 0 aliphatic heterocycles. The number of nitriles is 1. The van der Waals surface area contributed by atoms with Crippen LogP contribution in [-0.4, -0.2) is 9.13 Å². The number of aromatic nitrogens is 2. The predicted molar refractivity (Wildman–Crippen MR) is 252 cm³/mol. The van der Waals surface area contributed by atoms with E-state index in [0.717, 1.165) is 71.9 Å². The molecule has 0 fully saturated rings. The molecule has 11 rings (SSSR count). The van der Waals surface area contributed by atoms with Crippen molar-refractivity contribution in [3.05, 3.63) is 217 Å². The maximum Gasteiger partial charge on any atom is 0.417 e. The van der Waals surface area contributed by atoms with Crippen LogP contribution in [0.3, 0.4) is 0 Å². The molecule has 318 valence electrons. The van der Waals surface area contributed by atoms with Crippen LogP contribution in [0, 0.1) is 11.3 Å². The third kappa shape index (κ3) is 6.69. The molecule has 0 spiro atoms. The maximum absolute atomic E-state index is 15.2. The Morgan fingerprint density at radius 1 is 0.364 bits per heavy atom. The topological polar surface area (TPSA) is 33.6 Å². The number of nitrogens with zero attached hydrogens (tertiary/aromatic N) is 3. The van der Waals surface area contributed by atoms with Crippen LogP contribution in [0.15, 0.2) is 200 Å². The molecule has 3 nitrogen and oxygen atoms in total. The van der Waals surface area contributed by atoms with Gasteiger partial charge in [-0.25, -0.2) is 0 Å². The lowest BCUT2D eigenvalue weighted by atomic mass is 9.86. The van der Waals surface area contributed by atoms with Gasteiger partial charge in [-0.2, -0.15) is 31.6 Å². The zero-order valence-electron chi connectivity index (χ0n) is 34.7. The van der Waals surface area contributed by atoms with Crippen molar-refractivity contribution in [1.82, 2.24) is 9.13 Å². The molecule has 0 atom stereocenters. The van der Waals surface area contributed by atoms with Gasteiger partial charge in [0.25, 0.3) is 0 Å². The largest absolute Gasteiger partial charge is 0.417 e. The number of halogens is 6. The molecule has 66 heavy (non-hydrogen) atoms. The van der Waals surface area contributed by atoms with Crippen molar-refractivity contribution in [2.75, 3.05) is 0 Å². The van der Waals surface area contributed by atoms with Gasteiger partial charge in [0.15, 0.2) is 0 Å². The molecule has 0 N–H and O–H groups in total. The van der Waals surface area contributed by atoms with Crippen LogP contribution < -0.4 is 0 Å². The monoisotopic (exact) mass is 873 g/mol. The van der Waals surface area contributed by atoms with E-state index in [4.69, 9.17) is 0 Å². The van der Waals surface area contributed by atoms with Gasteiger partial charge in [0.05, 0.1) is 50.5 Å². The van der Waals surface area contributed by atoms with Gasteiger partial charge in [-0.15, -0.1) is 0 Å². The van der Waals surface area contributed by atoms with Crippen molar-refractivity contribution in [3.63, 3.8) is 0 Å². The highest BCUT2D eigenvalue weighted by molar-refractivity contribution is 6.12. The van der Waals surface area contributed by atoms with E-state index >= 15 is 26.3 Å². The van der Waals surface area contributed by atoms with Crippen LogP contribution in [0.25, 0.3) is 99.5 Å². The van der Waals surface area contributed by atoms with Gasteiger partial charge in [-0.3, -0.25) is 0 Å². The molecule has 0 radical (unpaired) electrons. The Kier molecular flexibility index (Phi) is 9.45. The van der Waals surface area contributed by atoms with E-state index in [1.165, 1.54) is 6.07 Å². The third-order valence-electron chi connectivity index (χ3n) is 12.4. The molecular weight excluding hydrogens is 841 g/mol. The number of hydrogen-bond donors (Lipinski definition) is 0. The van der Waals surface area contributed by atoms with E-state index < -0.39 is 29.0 Å². The Labute approximate surface area is 374 Å². The van der Waals surface area contributed by atoms with Gasteiger partial charge in [0, 0.05) is 38.4 Å². The lowest BCUT2D eigenvalue weighted by Gasteiger charge is -2.23. The Hall–Kier alpha value is -8.35. The van der Waals surface area contributed by atoms with Crippen molar-refractivity contribution in [3.8, 4) is 62.0 Å². The molecule has 2 aromatic heterocycles. The van der Waals surface area contributed by atoms with E-state index in [0.29, 0.717) is 23.5 Å². The second kappa shape index (κ2) is 15.4. The Morgan fingerprint density at radius 3 is 1.41 bits per heavy atom. The summed E-state index contributed by atoms with van der Waals surface area (Å²) in [6, 6.07) is 61.2. The SMILES string of the molecule is N#Cc1ccc(-n2c3ccccc3c3cc(-c4ccccc4)ccc32)c(-c2cc(-n3c4ccccc4c4cc(-c5ccccc5)ccc43)ccc2-c2c(C(F)(F)F)cccc2C(F)(F)F)c1. The summed E-state index contributed by atoms with van der Waals surface area (Å²) in [6.45, 7) is 0. The number of alkyl halides is 6. The molecule has 9 heteroatoms. The molecule has 0 unspecified atom stereocenters. The number of benzene rings is 9. The summed E-state index contributed by atoms with van der Waals surface area (Å²) in [4.78, 5) is 0. The van der Waals surface area contributed by atoms with Crippen molar-refractivity contribution < 1.29 is 26.3 Å². The highest BCUT2D eigenvalue weighted by Crippen LogP contribution is 2.49. The Morgan fingerprint density at radius 2 is 0.864 bits per heavy atom.